The summed E-state index contributed by atoms with van der Waals surface area (Å²) >= 11 is 5.79. The van der Waals surface area contributed by atoms with E-state index in [0.29, 0.717) is 5.88 Å². The number of pyridine rings is 1. The van der Waals surface area contributed by atoms with Crippen LogP contribution in [0.2, 0.25) is 0 Å². The van der Waals surface area contributed by atoms with Crippen LogP contribution in [0, 0.1) is 0 Å². The van der Waals surface area contributed by atoms with Crippen LogP contribution < -0.4 is 0 Å². The Kier molecular flexibility index (Phi) is 2.53. The number of halogens is 1. The topological polar surface area (TPSA) is 30.7 Å². The van der Waals surface area contributed by atoms with Crippen LogP contribution in [0.3, 0.4) is 0 Å². The van der Waals surface area contributed by atoms with Gasteiger partial charge in [0, 0.05) is 11.6 Å². The molecule has 84 valence electrons. The molecule has 0 fully saturated rings. The number of nitrogens with zero attached hydrogens (tertiary/aromatic N) is 3. The van der Waals surface area contributed by atoms with Crippen molar-refractivity contribution in [2.24, 2.45) is 0 Å². The molecular formula is C13H10ClN3. The molecule has 0 radical (unpaired) electrons. The summed E-state index contributed by atoms with van der Waals surface area (Å²) in [4.78, 5) is 4.17. The first-order chi connectivity index (χ1) is 8.38. The van der Waals surface area contributed by atoms with Gasteiger partial charge in [0.05, 0.1) is 29.0 Å². The minimum Gasteiger partial charge on any atom is -0.260 e. The third kappa shape index (κ3) is 1.78. The second kappa shape index (κ2) is 4.18. The van der Waals surface area contributed by atoms with E-state index in [1.54, 1.807) is 6.20 Å². The maximum absolute atomic E-state index is 5.79. The van der Waals surface area contributed by atoms with Crippen LogP contribution in [0.25, 0.3) is 16.6 Å². The minimum absolute atomic E-state index is 0.410. The van der Waals surface area contributed by atoms with Crippen molar-refractivity contribution >= 4 is 22.5 Å². The van der Waals surface area contributed by atoms with Gasteiger partial charge in [0.1, 0.15) is 0 Å². The number of rotatable bonds is 2. The number of fused-ring (bicyclic) bond motifs is 1. The van der Waals surface area contributed by atoms with Crippen molar-refractivity contribution in [3.05, 3.63) is 54.5 Å². The van der Waals surface area contributed by atoms with Gasteiger partial charge in [0.25, 0.3) is 0 Å². The number of aromatic nitrogens is 3. The summed E-state index contributed by atoms with van der Waals surface area (Å²) in [6.45, 7) is 0. The van der Waals surface area contributed by atoms with Crippen LogP contribution in [0.5, 0.6) is 0 Å². The highest BCUT2D eigenvalue weighted by Crippen LogP contribution is 2.18. The molecule has 0 saturated carbocycles. The van der Waals surface area contributed by atoms with Crippen molar-refractivity contribution in [1.29, 1.82) is 0 Å². The van der Waals surface area contributed by atoms with E-state index in [1.165, 1.54) is 0 Å². The maximum Gasteiger partial charge on any atom is 0.0741 e. The molecule has 0 saturated heterocycles. The van der Waals surface area contributed by atoms with Crippen LogP contribution in [0.15, 0.2) is 48.8 Å². The highest BCUT2D eigenvalue weighted by atomic mass is 35.5. The molecule has 2 aromatic heterocycles. The summed E-state index contributed by atoms with van der Waals surface area (Å²) in [6, 6.07) is 12.0. The molecule has 0 atom stereocenters. The lowest BCUT2D eigenvalue weighted by Crippen LogP contribution is -1.97. The van der Waals surface area contributed by atoms with Crippen molar-refractivity contribution in [3.8, 4) is 5.69 Å². The third-order valence-electron chi connectivity index (χ3n) is 2.66. The molecule has 0 spiro atoms. The summed E-state index contributed by atoms with van der Waals surface area (Å²) in [7, 11) is 0. The molecule has 1 aromatic carbocycles. The van der Waals surface area contributed by atoms with Gasteiger partial charge in [-0.3, -0.25) is 4.98 Å². The van der Waals surface area contributed by atoms with Gasteiger partial charge in [-0.15, -0.1) is 11.6 Å². The molecule has 17 heavy (non-hydrogen) atoms. The van der Waals surface area contributed by atoms with Crippen LogP contribution in [-0.2, 0) is 5.88 Å². The van der Waals surface area contributed by atoms with E-state index in [-0.39, 0.29) is 0 Å². The number of alkyl halides is 1. The van der Waals surface area contributed by atoms with Gasteiger partial charge in [-0.1, -0.05) is 18.2 Å². The van der Waals surface area contributed by atoms with Crippen molar-refractivity contribution < 1.29 is 0 Å². The van der Waals surface area contributed by atoms with Gasteiger partial charge < -0.3 is 0 Å². The molecule has 0 bridgehead atoms. The van der Waals surface area contributed by atoms with Crippen LogP contribution in [0.4, 0.5) is 0 Å². The largest absolute Gasteiger partial charge is 0.260 e. The summed E-state index contributed by atoms with van der Waals surface area (Å²) in [6.07, 6.45) is 3.61. The average molecular weight is 244 g/mol. The fraction of sp³-hybridized carbons (Fsp3) is 0.0769. The van der Waals surface area contributed by atoms with E-state index in [1.807, 2.05) is 47.3 Å². The Balaban J connectivity index is 2.20. The smallest absolute Gasteiger partial charge is 0.0741 e. The van der Waals surface area contributed by atoms with Gasteiger partial charge in [0.2, 0.25) is 0 Å². The predicted octanol–water partition coefficient (Wildman–Crippen LogP) is 3.16. The van der Waals surface area contributed by atoms with Crippen LogP contribution in [0.1, 0.15) is 5.69 Å². The zero-order valence-electron chi connectivity index (χ0n) is 9.05. The highest BCUT2D eigenvalue weighted by molar-refractivity contribution is 6.16. The standard InChI is InChI=1S/C13H10ClN3/c14-8-11-7-12(5-6-15-11)17-13-4-2-1-3-10(13)9-16-17/h1-7,9H,8H2. The summed E-state index contributed by atoms with van der Waals surface area (Å²) in [5, 5.41) is 5.51. The first-order valence-electron chi connectivity index (χ1n) is 5.32. The highest BCUT2D eigenvalue weighted by Gasteiger charge is 2.04. The summed E-state index contributed by atoms with van der Waals surface area (Å²) < 4.78 is 1.90. The third-order valence-corrected chi connectivity index (χ3v) is 2.93. The Morgan fingerprint density at radius 3 is 2.94 bits per heavy atom. The lowest BCUT2D eigenvalue weighted by atomic mass is 10.2. The number of hydrogen-bond donors (Lipinski definition) is 0. The number of hydrogen-bond acceptors (Lipinski definition) is 2. The molecular weight excluding hydrogens is 234 g/mol. The van der Waals surface area contributed by atoms with E-state index >= 15 is 0 Å². The molecule has 0 unspecified atom stereocenters. The summed E-state index contributed by atoms with van der Waals surface area (Å²) in [5.74, 6) is 0.410. The molecule has 0 aliphatic carbocycles. The van der Waals surface area contributed by atoms with Crippen LogP contribution in [-0.4, -0.2) is 14.8 Å². The Labute approximate surface area is 104 Å². The normalized spacial score (nSPS) is 10.9. The first-order valence-corrected chi connectivity index (χ1v) is 5.86. The molecule has 3 aromatic rings. The molecule has 2 heterocycles. The zero-order chi connectivity index (χ0) is 11.7. The molecule has 4 heteroatoms. The van der Waals surface area contributed by atoms with Gasteiger partial charge in [0.15, 0.2) is 0 Å². The van der Waals surface area contributed by atoms with E-state index in [9.17, 15) is 0 Å². The van der Waals surface area contributed by atoms with Crippen molar-refractivity contribution in [2.75, 3.05) is 0 Å². The zero-order valence-corrected chi connectivity index (χ0v) is 9.80. The SMILES string of the molecule is ClCc1cc(-n2ncc3ccccc32)ccn1. The lowest BCUT2D eigenvalue weighted by molar-refractivity contribution is 0.903. The fourth-order valence-corrected chi connectivity index (χ4v) is 1.99. The first kappa shape index (κ1) is 10.3. The number of para-hydroxylation sites is 1. The molecule has 0 aliphatic rings. The quantitative estimate of drug-likeness (QED) is 0.648. The summed E-state index contributed by atoms with van der Waals surface area (Å²) in [5.41, 5.74) is 2.92. The molecule has 3 nitrogen and oxygen atoms in total. The fourth-order valence-electron chi connectivity index (χ4n) is 1.85. The molecule has 0 amide bonds. The second-order valence-electron chi connectivity index (χ2n) is 3.75. The van der Waals surface area contributed by atoms with Crippen LogP contribution >= 0.6 is 11.6 Å². The van der Waals surface area contributed by atoms with Crippen molar-refractivity contribution in [1.82, 2.24) is 14.8 Å². The van der Waals surface area contributed by atoms with E-state index in [2.05, 4.69) is 10.1 Å². The Morgan fingerprint density at radius 2 is 2.06 bits per heavy atom. The van der Waals surface area contributed by atoms with Gasteiger partial charge in [-0.25, -0.2) is 4.68 Å². The van der Waals surface area contributed by atoms with Gasteiger partial charge in [-0.05, 0) is 18.2 Å². The van der Waals surface area contributed by atoms with Gasteiger partial charge >= 0.3 is 0 Å². The Bertz CT molecular complexity index is 660. The predicted molar refractivity (Wildman–Crippen MR) is 68.4 cm³/mol. The Morgan fingerprint density at radius 1 is 1.18 bits per heavy atom. The Hall–Kier alpha value is -1.87. The number of benzene rings is 1. The maximum atomic E-state index is 5.79. The van der Waals surface area contributed by atoms with Gasteiger partial charge in [-0.2, -0.15) is 5.10 Å². The van der Waals surface area contributed by atoms with E-state index in [4.69, 9.17) is 11.6 Å². The second-order valence-corrected chi connectivity index (χ2v) is 4.02. The van der Waals surface area contributed by atoms with Crippen molar-refractivity contribution in [2.45, 2.75) is 5.88 Å². The molecule has 0 N–H and O–H groups in total. The van der Waals surface area contributed by atoms with E-state index < -0.39 is 0 Å². The van der Waals surface area contributed by atoms with E-state index in [0.717, 1.165) is 22.3 Å². The lowest BCUT2D eigenvalue weighted by Gasteiger charge is -2.04. The molecule has 3 rings (SSSR count). The molecule has 0 aliphatic heterocycles. The minimum atomic E-state index is 0.410. The van der Waals surface area contributed by atoms with Crippen molar-refractivity contribution in [3.63, 3.8) is 0 Å². The monoisotopic (exact) mass is 243 g/mol. The average Bonchev–Trinajstić information content (AvgIpc) is 2.82.